The molecule has 21 heavy (non-hydrogen) atoms. The Morgan fingerprint density at radius 2 is 2.00 bits per heavy atom. The van der Waals surface area contributed by atoms with Crippen LogP contribution in [0.3, 0.4) is 0 Å². The summed E-state index contributed by atoms with van der Waals surface area (Å²) in [5.74, 6) is -0.626. The van der Waals surface area contributed by atoms with Crippen molar-refractivity contribution >= 4 is 39.0 Å². The summed E-state index contributed by atoms with van der Waals surface area (Å²) in [6, 6.07) is 11.9. The minimum absolute atomic E-state index is 0.00421. The molecule has 0 fully saturated rings. The summed E-state index contributed by atoms with van der Waals surface area (Å²) in [6.45, 7) is 0. The molecule has 4 nitrogen and oxygen atoms in total. The first-order valence-electron chi connectivity index (χ1n) is 6.00. The van der Waals surface area contributed by atoms with Gasteiger partial charge in [0.05, 0.1) is 5.02 Å². The first kappa shape index (κ1) is 13.7. The molecule has 0 aliphatic carbocycles. The van der Waals surface area contributed by atoms with Crippen molar-refractivity contribution in [2.24, 2.45) is 0 Å². The zero-order chi connectivity index (χ0) is 14.8. The molecule has 3 rings (SSSR count). The third-order valence-electron chi connectivity index (χ3n) is 2.76. The molecule has 1 aromatic carbocycles. The summed E-state index contributed by atoms with van der Waals surface area (Å²) in [5, 5.41) is 1.25. The molecular weight excluding hydrogens is 310 g/mol. The monoisotopic (exact) mass is 317 g/mol. The molecule has 2 heterocycles. The van der Waals surface area contributed by atoms with Crippen molar-refractivity contribution in [2.75, 3.05) is 0 Å². The number of benzene rings is 1. The van der Waals surface area contributed by atoms with Crippen molar-refractivity contribution in [1.82, 2.24) is 4.98 Å². The minimum Gasteiger partial charge on any atom is -0.404 e. The molecule has 0 radical (unpaired) electrons. The van der Waals surface area contributed by atoms with Crippen molar-refractivity contribution in [1.29, 1.82) is 0 Å². The van der Waals surface area contributed by atoms with E-state index >= 15 is 0 Å². The average Bonchev–Trinajstić information content (AvgIpc) is 2.49. The number of carbonyl (C=O) groups is 1. The van der Waals surface area contributed by atoms with Gasteiger partial charge in [0.2, 0.25) is 10.6 Å². The van der Waals surface area contributed by atoms with Gasteiger partial charge in [0.25, 0.3) is 0 Å². The lowest BCUT2D eigenvalue weighted by Gasteiger charge is -2.03. The van der Waals surface area contributed by atoms with Gasteiger partial charge >= 0.3 is 5.97 Å². The lowest BCUT2D eigenvalue weighted by molar-refractivity contribution is 0.0727. The molecule has 2 aromatic heterocycles. The highest BCUT2D eigenvalue weighted by atomic mass is 35.5. The highest BCUT2D eigenvalue weighted by Crippen LogP contribution is 2.18. The number of rotatable bonds is 2. The maximum atomic E-state index is 12.1. The fraction of sp³-hybridized carbons (Fsp3) is 0. The predicted octanol–water partition coefficient (Wildman–Crippen LogP) is 3.53. The van der Waals surface area contributed by atoms with E-state index in [4.69, 9.17) is 16.3 Å². The number of halogens is 1. The van der Waals surface area contributed by atoms with E-state index in [1.165, 1.54) is 18.3 Å². The third kappa shape index (κ3) is 2.94. The summed E-state index contributed by atoms with van der Waals surface area (Å²) < 4.78 is 5.57. The maximum absolute atomic E-state index is 12.1. The minimum atomic E-state index is -0.725. The molecule has 0 unspecified atom stereocenters. The van der Waals surface area contributed by atoms with Crippen LogP contribution >= 0.6 is 22.9 Å². The van der Waals surface area contributed by atoms with Crippen LogP contribution < -0.4 is 9.48 Å². The Kier molecular flexibility index (Phi) is 3.68. The van der Waals surface area contributed by atoms with Crippen LogP contribution in [0.5, 0.6) is 5.88 Å². The molecule has 3 aromatic rings. The Morgan fingerprint density at radius 1 is 1.19 bits per heavy atom. The van der Waals surface area contributed by atoms with E-state index in [2.05, 4.69) is 4.98 Å². The van der Waals surface area contributed by atoms with Crippen LogP contribution in [0.25, 0.3) is 10.1 Å². The highest BCUT2D eigenvalue weighted by molar-refractivity contribution is 7.16. The van der Waals surface area contributed by atoms with Gasteiger partial charge in [0.15, 0.2) is 0 Å². The zero-order valence-electron chi connectivity index (χ0n) is 10.6. The zero-order valence-corrected chi connectivity index (χ0v) is 12.1. The molecule has 104 valence electrons. The summed E-state index contributed by atoms with van der Waals surface area (Å²) in [6.07, 6.45) is 1.37. The fourth-order valence-electron chi connectivity index (χ4n) is 1.78. The number of esters is 1. The SMILES string of the molecule is O=C(Oc1ccc(Cl)cn1)c1cc2ccccc2sc1=O. The Morgan fingerprint density at radius 3 is 2.76 bits per heavy atom. The predicted molar refractivity (Wildman–Crippen MR) is 82.3 cm³/mol. The van der Waals surface area contributed by atoms with Crippen molar-refractivity contribution < 1.29 is 9.53 Å². The van der Waals surface area contributed by atoms with Crippen LogP contribution in [0.2, 0.25) is 5.02 Å². The number of fused-ring (bicyclic) bond motifs is 1. The summed E-state index contributed by atoms with van der Waals surface area (Å²) >= 11 is 6.72. The molecule has 0 N–H and O–H groups in total. The molecule has 0 saturated heterocycles. The Hall–Kier alpha value is -2.24. The number of hydrogen-bond acceptors (Lipinski definition) is 5. The van der Waals surface area contributed by atoms with Crippen LogP contribution in [0, 0.1) is 0 Å². The van der Waals surface area contributed by atoms with Crippen LogP contribution in [-0.4, -0.2) is 11.0 Å². The van der Waals surface area contributed by atoms with Gasteiger partial charge in [0.1, 0.15) is 5.56 Å². The standard InChI is InChI=1S/C15H8ClNO3S/c16-10-5-6-13(17-8-10)20-14(18)11-7-9-3-1-2-4-12(9)21-15(11)19/h1-8H. The quantitative estimate of drug-likeness (QED) is 0.678. The van der Waals surface area contributed by atoms with E-state index in [0.29, 0.717) is 5.02 Å². The van der Waals surface area contributed by atoms with E-state index < -0.39 is 5.97 Å². The second-order valence-corrected chi connectivity index (χ2v) is 5.64. The number of pyridine rings is 1. The molecule has 0 aliphatic heterocycles. The van der Waals surface area contributed by atoms with E-state index in [1.807, 2.05) is 24.3 Å². The smallest absolute Gasteiger partial charge is 0.349 e. The highest BCUT2D eigenvalue weighted by Gasteiger charge is 2.15. The van der Waals surface area contributed by atoms with Gasteiger partial charge in [-0.1, -0.05) is 41.1 Å². The average molecular weight is 318 g/mol. The second-order valence-electron chi connectivity index (χ2n) is 4.19. The number of nitrogens with zero attached hydrogens (tertiary/aromatic N) is 1. The van der Waals surface area contributed by atoms with Gasteiger partial charge in [-0.15, -0.1) is 0 Å². The van der Waals surface area contributed by atoms with Gasteiger partial charge in [-0.2, -0.15) is 0 Å². The van der Waals surface area contributed by atoms with Crippen molar-refractivity contribution in [3.8, 4) is 5.88 Å². The summed E-state index contributed by atoms with van der Waals surface area (Å²) in [4.78, 5) is 27.9. The van der Waals surface area contributed by atoms with Gasteiger partial charge in [0, 0.05) is 17.0 Å². The topological polar surface area (TPSA) is 56.3 Å². The van der Waals surface area contributed by atoms with E-state index in [-0.39, 0.29) is 16.2 Å². The number of carbonyl (C=O) groups excluding carboxylic acids is 1. The molecule has 6 heteroatoms. The molecular formula is C15H8ClNO3S. The Labute approximate surface area is 128 Å². The van der Waals surface area contributed by atoms with Crippen molar-refractivity contribution in [2.45, 2.75) is 0 Å². The van der Waals surface area contributed by atoms with Gasteiger partial charge < -0.3 is 4.74 Å². The van der Waals surface area contributed by atoms with Crippen molar-refractivity contribution in [3.05, 3.63) is 68.8 Å². The summed E-state index contributed by atoms with van der Waals surface area (Å²) in [5.41, 5.74) is -0.00421. The first-order valence-corrected chi connectivity index (χ1v) is 7.19. The van der Waals surface area contributed by atoms with Crippen LogP contribution in [0.15, 0.2) is 53.5 Å². The Balaban J connectivity index is 1.95. The van der Waals surface area contributed by atoms with Gasteiger partial charge in [-0.05, 0) is 23.6 Å². The van der Waals surface area contributed by atoms with Gasteiger partial charge in [-0.3, -0.25) is 4.79 Å². The van der Waals surface area contributed by atoms with E-state index in [1.54, 1.807) is 6.07 Å². The van der Waals surface area contributed by atoms with Crippen LogP contribution in [0.1, 0.15) is 10.4 Å². The Bertz CT molecular complexity index is 874. The number of ether oxygens (including phenoxy) is 1. The molecule has 0 saturated carbocycles. The third-order valence-corrected chi connectivity index (χ3v) is 3.98. The number of hydrogen-bond donors (Lipinski definition) is 0. The van der Waals surface area contributed by atoms with E-state index in [0.717, 1.165) is 21.4 Å². The lowest BCUT2D eigenvalue weighted by Crippen LogP contribution is -2.17. The second kappa shape index (κ2) is 5.63. The van der Waals surface area contributed by atoms with Crippen LogP contribution in [0.4, 0.5) is 0 Å². The van der Waals surface area contributed by atoms with E-state index in [9.17, 15) is 9.59 Å². The lowest BCUT2D eigenvalue weighted by atomic mass is 10.2. The molecule has 0 aliphatic rings. The normalized spacial score (nSPS) is 10.5. The molecule has 0 spiro atoms. The summed E-state index contributed by atoms with van der Waals surface area (Å²) in [7, 11) is 0. The number of aromatic nitrogens is 1. The van der Waals surface area contributed by atoms with Gasteiger partial charge in [-0.25, -0.2) is 9.78 Å². The molecule has 0 atom stereocenters. The van der Waals surface area contributed by atoms with Crippen LogP contribution in [-0.2, 0) is 0 Å². The maximum Gasteiger partial charge on any atom is 0.349 e. The first-order chi connectivity index (χ1) is 10.1. The fourth-order valence-corrected chi connectivity index (χ4v) is 2.73. The molecule has 0 bridgehead atoms. The van der Waals surface area contributed by atoms with Crippen molar-refractivity contribution in [3.63, 3.8) is 0 Å². The largest absolute Gasteiger partial charge is 0.404 e. The molecule has 0 amide bonds.